The molecular formula is C21H25ClFN3O3. The van der Waals surface area contributed by atoms with Gasteiger partial charge in [-0.25, -0.2) is 14.4 Å². The first kappa shape index (κ1) is 21.3. The summed E-state index contributed by atoms with van der Waals surface area (Å²) in [6.45, 7) is 2.42. The number of nitrogens with zero attached hydrogens (tertiary/aromatic N) is 3. The van der Waals surface area contributed by atoms with Gasteiger partial charge in [-0.15, -0.1) is 0 Å². The van der Waals surface area contributed by atoms with Crippen LogP contribution in [0.25, 0.3) is 0 Å². The van der Waals surface area contributed by atoms with Gasteiger partial charge in [0.2, 0.25) is 5.95 Å². The first-order valence-corrected chi connectivity index (χ1v) is 10.2. The minimum Gasteiger partial charge on any atom is -0.493 e. The summed E-state index contributed by atoms with van der Waals surface area (Å²) in [4.78, 5) is 21.4. The minimum absolute atomic E-state index is 0.167. The van der Waals surface area contributed by atoms with Crippen LogP contribution in [0.1, 0.15) is 37.7 Å². The van der Waals surface area contributed by atoms with E-state index in [2.05, 4.69) is 14.9 Å². The predicted octanol–water partition coefficient (Wildman–Crippen LogP) is 4.36. The Bertz CT molecular complexity index is 811. The average Bonchev–Trinajstić information content (AvgIpc) is 2.70. The van der Waals surface area contributed by atoms with Crippen molar-refractivity contribution in [3.63, 3.8) is 0 Å². The molecule has 0 radical (unpaired) electrons. The van der Waals surface area contributed by atoms with Crippen molar-refractivity contribution in [1.29, 1.82) is 0 Å². The van der Waals surface area contributed by atoms with Gasteiger partial charge in [0.25, 0.3) is 0 Å². The molecule has 1 aromatic heterocycles. The fraction of sp³-hybridized carbons (Fsp3) is 0.476. The minimum atomic E-state index is -1.05. The first-order chi connectivity index (χ1) is 14.0. The molecule has 0 spiro atoms. The van der Waals surface area contributed by atoms with E-state index in [-0.39, 0.29) is 12.0 Å². The van der Waals surface area contributed by atoms with Crippen molar-refractivity contribution < 1.29 is 19.0 Å². The van der Waals surface area contributed by atoms with Crippen LogP contribution in [0.3, 0.4) is 0 Å². The molecule has 1 aromatic carbocycles. The molecule has 0 unspecified atom stereocenters. The number of aromatic nitrogens is 2. The second kappa shape index (κ2) is 10.4. The summed E-state index contributed by atoms with van der Waals surface area (Å²) in [7, 11) is 0. The highest BCUT2D eigenvalue weighted by Crippen LogP contribution is 2.25. The van der Waals surface area contributed by atoms with Gasteiger partial charge in [0.1, 0.15) is 11.6 Å². The molecule has 2 heterocycles. The van der Waals surface area contributed by atoms with Gasteiger partial charge < -0.3 is 14.7 Å². The smallest absolute Gasteiger partial charge is 0.307 e. The summed E-state index contributed by atoms with van der Waals surface area (Å²) in [6, 6.07) is 4.35. The monoisotopic (exact) mass is 421 g/mol. The number of benzene rings is 1. The van der Waals surface area contributed by atoms with Gasteiger partial charge in [0, 0.05) is 19.2 Å². The van der Waals surface area contributed by atoms with E-state index in [0.29, 0.717) is 23.3 Å². The van der Waals surface area contributed by atoms with Gasteiger partial charge in [-0.2, -0.15) is 0 Å². The van der Waals surface area contributed by atoms with E-state index in [4.69, 9.17) is 21.4 Å². The Hall–Kier alpha value is -2.41. The molecule has 2 aromatic rings. The van der Waals surface area contributed by atoms with E-state index in [1.165, 1.54) is 12.1 Å². The molecule has 1 aliphatic heterocycles. The lowest BCUT2D eigenvalue weighted by Crippen LogP contribution is -2.34. The summed E-state index contributed by atoms with van der Waals surface area (Å²) in [5, 5.41) is 9.29. The van der Waals surface area contributed by atoms with Crippen molar-refractivity contribution in [2.45, 2.75) is 38.5 Å². The summed E-state index contributed by atoms with van der Waals surface area (Å²) >= 11 is 5.83. The normalized spacial score (nSPS) is 14.8. The number of aliphatic carboxylic acids is 1. The molecule has 0 saturated carbocycles. The summed E-state index contributed by atoms with van der Waals surface area (Å²) in [5.41, 5.74) is 0.167. The summed E-state index contributed by atoms with van der Waals surface area (Å²) in [5.74, 6) is 0.271. The molecule has 0 aliphatic carbocycles. The highest BCUT2D eigenvalue weighted by Gasteiger charge is 2.20. The Labute approximate surface area is 174 Å². The average molecular weight is 422 g/mol. The zero-order valence-electron chi connectivity index (χ0n) is 16.2. The van der Waals surface area contributed by atoms with Gasteiger partial charge in [0.15, 0.2) is 0 Å². The molecule has 1 N–H and O–H groups in total. The molecule has 1 fully saturated rings. The quantitative estimate of drug-likeness (QED) is 0.606. The van der Waals surface area contributed by atoms with Crippen LogP contribution in [-0.2, 0) is 11.2 Å². The number of rotatable bonds is 9. The van der Waals surface area contributed by atoms with Crippen LogP contribution in [0.5, 0.6) is 5.75 Å². The molecule has 0 bridgehead atoms. The Morgan fingerprint density at radius 2 is 1.97 bits per heavy atom. The maximum absolute atomic E-state index is 13.8. The Morgan fingerprint density at radius 3 is 2.62 bits per heavy atom. The van der Waals surface area contributed by atoms with Crippen molar-refractivity contribution in [3.05, 3.63) is 47.0 Å². The topological polar surface area (TPSA) is 75.6 Å². The van der Waals surface area contributed by atoms with E-state index >= 15 is 0 Å². The third-order valence-electron chi connectivity index (χ3n) is 5.15. The fourth-order valence-electron chi connectivity index (χ4n) is 3.54. The molecule has 1 saturated heterocycles. The predicted molar refractivity (Wildman–Crippen MR) is 109 cm³/mol. The number of halogens is 2. The van der Waals surface area contributed by atoms with Gasteiger partial charge in [-0.3, -0.25) is 4.79 Å². The zero-order valence-corrected chi connectivity index (χ0v) is 16.9. The molecule has 0 amide bonds. The zero-order chi connectivity index (χ0) is 20.6. The Kier molecular flexibility index (Phi) is 7.63. The van der Waals surface area contributed by atoms with Crippen LogP contribution >= 0.6 is 11.6 Å². The molecule has 0 atom stereocenters. The van der Waals surface area contributed by atoms with Gasteiger partial charge in [-0.1, -0.05) is 24.1 Å². The Balaban J connectivity index is 1.32. The number of carboxylic acid groups (broad SMARTS) is 1. The first-order valence-electron chi connectivity index (χ1n) is 9.87. The van der Waals surface area contributed by atoms with Crippen molar-refractivity contribution in [3.8, 4) is 5.75 Å². The van der Waals surface area contributed by atoms with Crippen LogP contribution in [0.2, 0.25) is 5.02 Å². The number of anilines is 1. The van der Waals surface area contributed by atoms with E-state index in [1.807, 2.05) is 0 Å². The largest absolute Gasteiger partial charge is 0.493 e. The highest BCUT2D eigenvalue weighted by molar-refractivity contribution is 6.30. The van der Waals surface area contributed by atoms with Gasteiger partial charge in [-0.05, 0) is 43.2 Å². The second-order valence-corrected chi connectivity index (χ2v) is 7.74. The number of hydrogen-bond donors (Lipinski definition) is 1. The number of hydrogen-bond acceptors (Lipinski definition) is 5. The third kappa shape index (κ3) is 6.56. The van der Waals surface area contributed by atoms with E-state index in [1.54, 1.807) is 18.5 Å². The van der Waals surface area contributed by atoms with Crippen molar-refractivity contribution in [2.75, 3.05) is 24.6 Å². The number of carbonyl (C=O) groups is 1. The molecule has 1 aliphatic rings. The van der Waals surface area contributed by atoms with E-state index in [9.17, 15) is 9.18 Å². The van der Waals surface area contributed by atoms with E-state index in [0.717, 1.165) is 51.1 Å². The number of ether oxygens (including phenoxy) is 1. The third-order valence-corrected chi connectivity index (χ3v) is 5.34. The maximum atomic E-state index is 13.8. The lowest BCUT2D eigenvalue weighted by atomic mass is 9.92. The Morgan fingerprint density at radius 1 is 1.24 bits per heavy atom. The summed E-state index contributed by atoms with van der Waals surface area (Å²) in [6.07, 6.45) is 8.26. The lowest BCUT2D eigenvalue weighted by molar-refractivity contribution is -0.136. The standard InChI is InChI=1S/C21H25ClFN3O3/c22-17-13-24-21(25-14-17)26-8-6-15(7-9-26)3-1-2-10-29-18-5-4-16(11-20(27)28)19(23)12-18/h4-5,12-15H,1-3,6-11H2,(H,27,28). The second-order valence-electron chi connectivity index (χ2n) is 7.30. The molecular weight excluding hydrogens is 397 g/mol. The van der Waals surface area contributed by atoms with Crippen LogP contribution in [0.15, 0.2) is 30.6 Å². The number of carboxylic acids is 1. The number of piperidine rings is 1. The van der Waals surface area contributed by atoms with Crippen LogP contribution in [-0.4, -0.2) is 40.7 Å². The summed E-state index contributed by atoms with van der Waals surface area (Å²) < 4.78 is 19.4. The maximum Gasteiger partial charge on any atom is 0.307 e. The van der Waals surface area contributed by atoms with Crippen LogP contribution in [0.4, 0.5) is 10.3 Å². The van der Waals surface area contributed by atoms with Crippen molar-refractivity contribution in [1.82, 2.24) is 9.97 Å². The van der Waals surface area contributed by atoms with Crippen molar-refractivity contribution >= 4 is 23.5 Å². The molecule has 6 nitrogen and oxygen atoms in total. The molecule has 156 valence electrons. The van der Waals surface area contributed by atoms with Gasteiger partial charge in [0.05, 0.1) is 30.4 Å². The van der Waals surface area contributed by atoms with Crippen molar-refractivity contribution in [2.24, 2.45) is 5.92 Å². The SMILES string of the molecule is O=C(O)Cc1ccc(OCCCCC2CCN(c3ncc(Cl)cn3)CC2)cc1F. The fourth-order valence-corrected chi connectivity index (χ4v) is 3.64. The van der Waals surface area contributed by atoms with Gasteiger partial charge >= 0.3 is 5.97 Å². The molecule has 8 heteroatoms. The van der Waals surface area contributed by atoms with Crippen LogP contribution in [0, 0.1) is 11.7 Å². The van der Waals surface area contributed by atoms with Crippen LogP contribution < -0.4 is 9.64 Å². The molecule has 29 heavy (non-hydrogen) atoms. The van der Waals surface area contributed by atoms with E-state index < -0.39 is 11.8 Å². The highest BCUT2D eigenvalue weighted by atomic mass is 35.5. The molecule has 3 rings (SSSR count). The number of unbranched alkanes of at least 4 members (excludes halogenated alkanes) is 1. The lowest BCUT2D eigenvalue weighted by Gasteiger charge is -2.32.